The van der Waals surface area contributed by atoms with Gasteiger partial charge in [0.2, 0.25) is 0 Å². The lowest BCUT2D eigenvalue weighted by molar-refractivity contribution is 0.292. The molecule has 1 unspecified atom stereocenters. The van der Waals surface area contributed by atoms with E-state index in [1.807, 2.05) is 0 Å². The quantitative estimate of drug-likeness (QED) is 0.570. The van der Waals surface area contributed by atoms with Crippen molar-refractivity contribution in [1.82, 2.24) is 0 Å². The zero-order valence-corrected chi connectivity index (χ0v) is 6.72. The van der Waals surface area contributed by atoms with Crippen molar-refractivity contribution in [1.29, 1.82) is 0 Å². The van der Waals surface area contributed by atoms with Crippen molar-refractivity contribution in [3.05, 3.63) is 0 Å². The number of nitrogens with two attached hydrogens (primary N) is 2. The first-order valence-electron chi connectivity index (χ1n) is 4.21. The van der Waals surface area contributed by atoms with Crippen LogP contribution in [0.15, 0.2) is 0 Å². The van der Waals surface area contributed by atoms with Crippen LogP contribution in [0.4, 0.5) is 0 Å². The third kappa shape index (κ3) is 1.96. The predicted octanol–water partition coefficient (Wildman–Crippen LogP) is 0.851. The fourth-order valence-corrected chi connectivity index (χ4v) is 1.67. The molecule has 60 valence electrons. The first kappa shape index (κ1) is 8.02. The monoisotopic (exact) mass is 142 g/mol. The molecule has 10 heavy (non-hydrogen) atoms. The maximum absolute atomic E-state index is 5.77. The Balaban J connectivity index is 2.26. The fourth-order valence-electron chi connectivity index (χ4n) is 1.67. The molecule has 0 heterocycles. The lowest BCUT2D eigenvalue weighted by atomic mass is 9.83. The summed E-state index contributed by atoms with van der Waals surface area (Å²) in [4.78, 5) is 0. The molecule has 1 aliphatic rings. The molecule has 0 aromatic carbocycles. The highest BCUT2D eigenvalue weighted by Gasteiger charge is 2.20. The van der Waals surface area contributed by atoms with E-state index in [1.165, 1.54) is 25.7 Å². The van der Waals surface area contributed by atoms with Gasteiger partial charge >= 0.3 is 0 Å². The van der Waals surface area contributed by atoms with E-state index in [1.54, 1.807) is 0 Å². The van der Waals surface area contributed by atoms with Gasteiger partial charge in [0, 0.05) is 12.1 Å². The molecule has 1 atom stereocenters. The van der Waals surface area contributed by atoms with Gasteiger partial charge in [0.25, 0.3) is 0 Å². The first-order chi connectivity index (χ1) is 4.70. The van der Waals surface area contributed by atoms with Crippen LogP contribution in [-0.2, 0) is 0 Å². The average Bonchev–Trinajstić information content (AvgIpc) is 1.88. The highest BCUT2D eigenvalue weighted by Crippen LogP contribution is 2.24. The van der Waals surface area contributed by atoms with Crippen LogP contribution >= 0.6 is 0 Å². The molecular formula is C8H18N2. The van der Waals surface area contributed by atoms with Crippen molar-refractivity contribution >= 4 is 0 Å². The summed E-state index contributed by atoms with van der Waals surface area (Å²) in [5.41, 5.74) is 11.5. The van der Waals surface area contributed by atoms with Gasteiger partial charge in [0.1, 0.15) is 0 Å². The Labute approximate surface area is 63.0 Å². The minimum Gasteiger partial charge on any atom is -0.328 e. The van der Waals surface area contributed by atoms with Gasteiger partial charge < -0.3 is 11.5 Å². The molecule has 2 nitrogen and oxygen atoms in total. The topological polar surface area (TPSA) is 52.0 Å². The third-order valence-electron chi connectivity index (χ3n) is 2.56. The summed E-state index contributed by atoms with van der Waals surface area (Å²) in [5.74, 6) is 0.736. The van der Waals surface area contributed by atoms with Crippen molar-refractivity contribution in [3.63, 3.8) is 0 Å². The number of hydrogen-bond acceptors (Lipinski definition) is 2. The average molecular weight is 142 g/mol. The van der Waals surface area contributed by atoms with Gasteiger partial charge in [-0.15, -0.1) is 0 Å². The molecule has 0 aromatic heterocycles. The van der Waals surface area contributed by atoms with Crippen molar-refractivity contribution in [2.45, 2.75) is 44.7 Å². The molecule has 1 aliphatic carbocycles. The molecule has 1 rings (SSSR count). The molecule has 0 spiro atoms. The van der Waals surface area contributed by atoms with Gasteiger partial charge in [0.15, 0.2) is 0 Å². The minimum atomic E-state index is 0.368. The van der Waals surface area contributed by atoms with E-state index in [0.29, 0.717) is 12.1 Å². The Morgan fingerprint density at radius 1 is 1.20 bits per heavy atom. The molecule has 1 fully saturated rings. The minimum absolute atomic E-state index is 0.368. The van der Waals surface area contributed by atoms with Gasteiger partial charge in [-0.05, 0) is 38.5 Å². The summed E-state index contributed by atoms with van der Waals surface area (Å²) >= 11 is 0. The largest absolute Gasteiger partial charge is 0.328 e. The zero-order chi connectivity index (χ0) is 7.56. The molecule has 0 bridgehead atoms. The Bertz CT molecular complexity index is 93.4. The Hall–Kier alpha value is -0.0800. The number of rotatable bonds is 1. The van der Waals surface area contributed by atoms with Crippen molar-refractivity contribution in [3.8, 4) is 0 Å². The Kier molecular flexibility index (Phi) is 2.69. The maximum Gasteiger partial charge on any atom is 0.00390 e. The molecule has 4 N–H and O–H groups in total. The highest BCUT2D eigenvalue weighted by molar-refractivity contribution is 4.78. The molecule has 0 amide bonds. The summed E-state index contributed by atoms with van der Waals surface area (Å²) in [6.45, 7) is 2.10. The van der Waals surface area contributed by atoms with Gasteiger partial charge in [0.05, 0.1) is 0 Å². The van der Waals surface area contributed by atoms with Crippen LogP contribution in [0.2, 0.25) is 0 Å². The smallest absolute Gasteiger partial charge is 0.00390 e. The molecule has 1 saturated carbocycles. The SMILES string of the molecule is CC(N)C1CCC(N)CC1. The summed E-state index contributed by atoms with van der Waals surface area (Å²) in [5, 5.41) is 0. The van der Waals surface area contributed by atoms with Gasteiger partial charge in [-0.25, -0.2) is 0 Å². The molecule has 2 heteroatoms. The third-order valence-corrected chi connectivity index (χ3v) is 2.56. The predicted molar refractivity (Wildman–Crippen MR) is 43.6 cm³/mol. The Morgan fingerprint density at radius 2 is 1.70 bits per heavy atom. The maximum atomic E-state index is 5.77. The molecular weight excluding hydrogens is 124 g/mol. The van der Waals surface area contributed by atoms with Crippen molar-refractivity contribution in [2.75, 3.05) is 0 Å². The molecule has 0 aromatic rings. The van der Waals surface area contributed by atoms with E-state index >= 15 is 0 Å². The van der Waals surface area contributed by atoms with Crippen LogP contribution < -0.4 is 11.5 Å². The lowest BCUT2D eigenvalue weighted by Gasteiger charge is -2.28. The highest BCUT2D eigenvalue weighted by atomic mass is 14.7. The standard InChI is InChI=1S/C8H18N2/c1-6(9)7-2-4-8(10)5-3-7/h6-8H,2-5,9-10H2,1H3. The van der Waals surface area contributed by atoms with E-state index < -0.39 is 0 Å². The number of hydrogen-bond donors (Lipinski definition) is 2. The van der Waals surface area contributed by atoms with Crippen molar-refractivity contribution in [2.24, 2.45) is 17.4 Å². The summed E-state index contributed by atoms with van der Waals surface area (Å²) < 4.78 is 0. The van der Waals surface area contributed by atoms with E-state index in [4.69, 9.17) is 11.5 Å². The van der Waals surface area contributed by atoms with Crippen molar-refractivity contribution < 1.29 is 0 Å². The van der Waals surface area contributed by atoms with Crippen LogP contribution in [0.5, 0.6) is 0 Å². The van der Waals surface area contributed by atoms with E-state index in [2.05, 4.69) is 6.92 Å². The zero-order valence-electron chi connectivity index (χ0n) is 6.72. The van der Waals surface area contributed by atoms with E-state index in [0.717, 1.165) is 5.92 Å². The fraction of sp³-hybridized carbons (Fsp3) is 1.00. The lowest BCUT2D eigenvalue weighted by Crippen LogP contribution is -2.34. The van der Waals surface area contributed by atoms with E-state index in [9.17, 15) is 0 Å². The summed E-state index contributed by atoms with van der Waals surface area (Å²) in [6, 6.07) is 0.822. The molecule has 0 aliphatic heterocycles. The second-order valence-electron chi connectivity index (χ2n) is 3.53. The molecule has 0 radical (unpaired) electrons. The Morgan fingerprint density at radius 3 is 2.10 bits per heavy atom. The van der Waals surface area contributed by atoms with Gasteiger partial charge in [-0.1, -0.05) is 0 Å². The van der Waals surface area contributed by atoms with Crippen LogP contribution in [-0.4, -0.2) is 12.1 Å². The van der Waals surface area contributed by atoms with Gasteiger partial charge in [-0.2, -0.15) is 0 Å². The van der Waals surface area contributed by atoms with E-state index in [-0.39, 0.29) is 0 Å². The first-order valence-corrected chi connectivity index (χ1v) is 4.21. The van der Waals surface area contributed by atoms with Crippen LogP contribution in [0.3, 0.4) is 0 Å². The van der Waals surface area contributed by atoms with Crippen LogP contribution in [0.25, 0.3) is 0 Å². The summed E-state index contributed by atoms with van der Waals surface area (Å²) in [6.07, 6.45) is 4.82. The van der Waals surface area contributed by atoms with Crippen LogP contribution in [0, 0.1) is 5.92 Å². The van der Waals surface area contributed by atoms with Gasteiger partial charge in [-0.3, -0.25) is 0 Å². The molecule has 0 saturated heterocycles. The van der Waals surface area contributed by atoms with Crippen LogP contribution in [0.1, 0.15) is 32.6 Å². The second kappa shape index (κ2) is 3.35. The second-order valence-corrected chi connectivity index (χ2v) is 3.53. The normalized spacial score (nSPS) is 37.5. The summed E-state index contributed by atoms with van der Waals surface area (Å²) in [7, 11) is 0.